The number of thiazole rings is 1. The molecule has 0 bridgehead atoms. The highest BCUT2D eigenvalue weighted by atomic mass is 79.9. The van der Waals surface area contributed by atoms with Gasteiger partial charge in [0.1, 0.15) is 0 Å². The van der Waals surface area contributed by atoms with Crippen LogP contribution >= 0.6 is 27.3 Å². The number of benzene rings is 2. The summed E-state index contributed by atoms with van der Waals surface area (Å²) < 4.78 is 27.8. The van der Waals surface area contributed by atoms with E-state index < -0.39 is 9.84 Å². The summed E-state index contributed by atoms with van der Waals surface area (Å²) in [5.41, 5.74) is 1.79. The van der Waals surface area contributed by atoms with Crippen molar-refractivity contribution in [2.45, 2.75) is 31.7 Å². The molecule has 2 aromatic carbocycles. The lowest BCUT2D eigenvalue weighted by Crippen LogP contribution is -2.16. The third-order valence-corrected chi connectivity index (χ3v) is 7.48. The number of amides is 1. The van der Waals surface area contributed by atoms with Crippen LogP contribution in [0.15, 0.2) is 56.8 Å². The molecule has 0 spiro atoms. The molecule has 0 radical (unpaired) electrons. The van der Waals surface area contributed by atoms with Crippen molar-refractivity contribution in [2.75, 3.05) is 5.75 Å². The molecular weight excluding hydrogens is 448 g/mol. The zero-order chi connectivity index (χ0) is 19.6. The van der Waals surface area contributed by atoms with Crippen molar-refractivity contribution in [1.29, 1.82) is 0 Å². The van der Waals surface area contributed by atoms with Gasteiger partial charge in [-0.2, -0.15) is 4.99 Å². The zero-order valence-electron chi connectivity index (χ0n) is 15.0. The Hall–Kier alpha value is -1.77. The highest BCUT2D eigenvalue weighted by Crippen LogP contribution is 2.22. The standard InChI is InChI=1S/C19H19BrN2O3S2/c1-3-22-16-10-7-14(20)12-17(16)26-19(22)21-18(23)11-13-5-8-15(9-6-13)27(24,25)4-2/h5-10,12H,3-4,11H2,1-2H3. The molecule has 0 aliphatic carbocycles. The lowest BCUT2D eigenvalue weighted by molar-refractivity contribution is -0.117. The van der Waals surface area contributed by atoms with Crippen LogP contribution in [0.5, 0.6) is 0 Å². The average molecular weight is 467 g/mol. The lowest BCUT2D eigenvalue weighted by atomic mass is 10.1. The van der Waals surface area contributed by atoms with Gasteiger partial charge in [0.2, 0.25) is 0 Å². The minimum absolute atomic E-state index is 0.0552. The van der Waals surface area contributed by atoms with Gasteiger partial charge in [-0.05, 0) is 42.8 Å². The molecule has 0 saturated heterocycles. The number of fused-ring (bicyclic) bond motifs is 1. The van der Waals surface area contributed by atoms with Gasteiger partial charge in [-0.15, -0.1) is 0 Å². The van der Waals surface area contributed by atoms with Crippen molar-refractivity contribution in [2.24, 2.45) is 4.99 Å². The number of sulfone groups is 1. The highest BCUT2D eigenvalue weighted by molar-refractivity contribution is 9.10. The van der Waals surface area contributed by atoms with Crippen molar-refractivity contribution in [3.63, 3.8) is 0 Å². The Bertz CT molecular complexity index is 1160. The van der Waals surface area contributed by atoms with Crippen LogP contribution in [0, 0.1) is 0 Å². The Labute approximate surface area is 170 Å². The maximum absolute atomic E-state index is 12.4. The number of carbonyl (C=O) groups excluding carboxylic acids is 1. The van der Waals surface area contributed by atoms with E-state index in [4.69, 9.17) is 0 Å². The van der Waals surface area contributed by atoms with E-state index in [1.54, 1.807) is 31.2 Å². The fourth-order valence-corrected chi connectivity index (χ4v) is 5.29. The molecule has 0 fully saturated rings. The summed E-state index contributed by atoms with van der Waals surface area (Å²) >= 11 is 4.94. The summed E-state index contributed by atoms with van der Waals surface area (Å²) in [6.07, 6.45) is 0.133. The molecule has 0 saturated carbocycles. The van der Waals surface area contributed by atoms with Gasteiger partial charge in [0, 0.05) is 11.0 Å². The molecule has 8 heteroatoms. The van der Waals surface area contributed by atoms with Crippen molar-refractivity contribution in [3.05, 3.63) is 57.3 Å². The molecule has 3 rings (SSSR count). The molecule has 5 nitrogen and oxygen atoms in total. The number of rotatable bonds is 5. The Morgan fingerprint density at radius 2 is 1.85 bits per heavy atom. The summed E-state index contributed by atoms with van der Waals surface area (Å²) in [5.74, 6) is -0.200. The fourth-order valence-electron chi connectivity index (χ4n) is 2.74. The second-order valence-electron chi connectivity index (χ2n) is 5.97. The molecule has 0 atom stereocenters. The van der Waals surface area contributed by atoms with E-state index in [9.17, 15) is 13.2 Å². The van der Waals surface area contributed by atoms with E-state index in [0.717, 1.165) is 26.8 Å². The minimum Gasteiger partial charge on any atom is -0.317 e. The fraction of sp³-hybridized carbons (Fsp3) is 0.263. The van der Waals surface area contributed by atoms with Gasteiger partial charge in [0.05, 0.1) is 27.3 Å². The van der Waals surface area contributed by atoms with Crippen LogP contribution in [-0.4, -0.2) is 24.6 Å². The first-order valence-corrected chi connectivity index (χ1v) is 11.8. The Balaban J connectivity index is 1.88. The first-order valence-electron chi connectivity index (χ1n) is 8.52. The number of hydrogen-bond acceptors (Lipinski definition) is 4. The van der Waals surface area contributed by atoms with Crippen LogP contribution in [-0.2, 0) is 27.6 Å². The van der Waals surface area contributed by atoms with E-state index >= 15 is 0 Å². The first-order chi connectivity index (χ1) is 12.8. The quantitative estimate of drug-likeness (QED) is 0.571. The number of hydrogen-bond donors (Lipinski definition) is 0. The Morgan fingerprint density at radius 3 is 2.48 bits per heavy atom. The molecular formula is C19H19BrN2O3S2. The van der Waals surface area contributed by atoms with Crippen LogP contribution in [0.2, 0.25) is 0 Å². The molecule has 1 amide bonds. The average Bonchev–Trinajstić information content (AvgIpc) is 2.97. The number of carbonyl (C=O) groups is 1. The summed E-state index contributed by atoms with van der Waals surface area (Å²) in [4.78, 5) is 17.7. The summed E-state index contributed by atoms with van der Waals surface area (Å²) in [5, 5.41) is 0. The smallest absolute Gasteiger partial charge is 0.252 e. The Kier molecular flexibility index (Phi) is 5.98. The maximum Gasteiger partial charge on any atom is 0.252 e. The molecule has 1 heterocycles. The molecule has 0 aliphatic heterocycles. The monoisotopic (exact) mass is 466 g/mol. The van der Waals surface area contributed by atoms with E-state index in [1.807, 2.05) is 29.7 Å². The second-order valence-corrected chi connectivity index (χ2v) is 10.2. The van der Waals surface area contributed by atoms with Crippen molar-refractivity contribution in [3.8, 4) is 0 Å². The SMILES string of the molecule is CCn1c(=NC(=O)Cc2ccc(S(=O)(=O)CC)cc2)sc2cc(Br)ccc21. The summed E-state index contributed by atoms with van der Waals surface area (Å²) in [6, 6.07) is 12.4. The van der Waals surface area contributed by atoms with Gasteiger partial charge in [-0.25, -0.2) is 8.42 Å². The van der Waals surface area contributed by atoms with Crippen LogP contribution in [0.1, 0.15) is 19.4 Å². The normalized spacial score (nSPS) is 12.6. The number of aryl methyl sites for hydroxylation is 1. The number of nitrogens with zero attached hydrogens (tertiary/aromatic N) is 2. The van der Waals surface area contributed by atoms with Crippen LogP contribution < -0.4 is 4.80 Å². The molecule has 142 valence electrons. The van der Waals surface area contributed by atoms with E-state index in [-0.39, 0.29) is 23.0 Å². The van der Waals surface area contributed by atoms with Crippen molar-refractivity contribution >= 4 is 53.2 Å². The molecule has 1 aromatic heterocycles. The van der Waals surface area contributed by atoms with E-state index in [1.165, 1.54) is 11.3 Å². The van der Waals surface area contributed by atoms with Crippen LogP contribution in [0.4, 0.5) is 0 Å². The molecule has 0 N–H and O–H groups in total. The summed E-state index contributed by atoms with van der Waals surface area (Å²) in [7, 11) is -3.23. The van der Waals surface area contributed by atoms with Gasteiger partial charge in [-0.1, -0.05) is 46.3 Å². The lowest BCUT2D eigenvalue weighted by Gasteiger charge is -2.03. The number of halogens is 1. The van der Waals surface area contributed by atoms with Gasteiger partial charge < -0.3 is 4.57 Å². The van der Waals surface area contributed by atoms with E-state index in [0.29, 0.717) is 4.80 Å². The minimum atomic E-state index is -3.23. The molecule has 3 aromatic rings. The molecule has 0 unspecified atom stereocenters. The van der Waals surface area contributed by atoms with Gasteiger partial charge in [-0.3, -0.25) is 4.79 Å². The predicted molar refractivity (Wildman–Crippen MR) is 112 cm³/mol. The number of aromatic nitrogens is 1. The third-order valence-electron chi connectivity index (χ3n) is 4.20. The van der Waals surface area contributed by atoms with Crippen LogP contribution in [0.25, 0.3) is 10.2 Å². The predicted octanol–water partition coefficient (Wildman–Crippen LogP) is 3.95. The largest absolute Gasteiger partial charge is 0.317 e. The third kappa shape index (κ3) is 4.39. The topological polar surface area (TPSA) is 68.5 Å². The molecule has 27 heavy (non-hydrogen) atoms. The van der Waals surface area contributed by atoms with E-state index in [2.05, 4.69) is 20.9 Å². The zero-order valence-corrected chi connectivity index (χ0v) is 18.2. The second kappa shape index (κ2) is 8.08. The maximum atomic E-state index is 12.4. The van der Waals surface area contributed by atoms with Crippen molar-refractivity contribution < 1.29 is 13.2 Å². The van der Waals surface area contributed by atoms with Gasteiger partial charge in [0.15, 0.2) is 14.6 Å². The molecule has 0 aliphatic rings. The first kappa shape index (κ1) is 20.0. The van der Waals surface area contributed by atoms with Crippen LogP contribution in [0.3, 0.4) is 0 Å². The summed E-state index contributed by atoms with van der Waals surface area (Å²) in [6.45, 7) is 4.35. The van der Waals surface area contributed by atoms with Gasteiger partial charge >= 0.3 is 0 Å². The Morgan fingerprint density at radius 1 is 1.15 bits per heavy atom. The highest BCUT2D eigenvalue weighted by Gasteiger charge is 2.12. The van der Waals surface area contributed by atoms with Gasteiger partial charge in [0.25, 0.3) is 5.91 Å². The van der Waals surface area contributed by atoms with Crippen molar-refractivity contribution in [1.82, 2.24) is 4.57 Å².